The fourth-order valence-electron chi connectivity index (χ4n) is 1.64. The average molecular weight is 261 g/mol. The van der Waals surface area contributed by atoms with Crippen LogP contribution < -0.4 is 5.32 Å². The maximum absolute atomic E-state index is 8.75. The Labute approximate surface area is 111 Å². The minimum Gasteiger partial charge on any atom is -0.307 e. The fraction of sp³-hybridized carbons (Fsp3) is 0.231. The van der Waals surface area contributed by atoms with Crippen LogP contribution >= 0.6 is 11.6 Å². The number of aryl methyl sites for hydroxylation is 1. The van der Waals surface area contributed by atoms with Crippen LogP contribution in [0, 0.1) is 11.3 Å². The van der Waals surface area contributed by atoms with Gasteiger partial charge in [0.1, 0.15) is 0 Å². The highest BCUT2D eigenvalue weighted by molar-refractivity contribution is 6.31. The van der Waals surface area contributed by atoms with Gasteiger partial charge in [0.2, 0.25) is 0 Å². The smallest absolute Gasteiger partial charge is 0.0992 e. The van der Waals surface area contributed by atoms with Gasteiger partial charge < -0.3 is 5.32 Å². The van der Waals surface area contributed by atoms with Gasteiger partial charge in [0.05, 0.1) is 17.3 Å². The highest BCUT2D eigenvalue weighted by Gasteiger charge is 2.02. The normalized spacial score (nSPS) is 10.3. The predicted octanol–water partition coefficient (Wildman–Crippen LogP) is 2.23. The minimum atomic E-state index is 0.577. The predicted molar refractivity (Wildman–Crippen MR) is 69.9 cm³/mol. The molecule has 1 aromatic heterocycles. The molecule has 1 aromatic carbocycles. The third-order valence-electron chi connectivity index (χ3n) is 2.57. The second-order valence-electron chi connectivity index (χ2n) is 4.00. The summed E-state index contributed by atoms with van der Waals surface area (Å²) in [6, 6.07) is 9.34. The first-order valence-electron chi connectivity index (χ1n) is 5.57. The molecule has 1 heterocycles. The van der Waals surface area contributed by atoms with Crippen molar-refractivity contribution in [2.24, 2.45) is 7.05 Å². The maximum atomic E-state index is 8.75. The fourth-order valence-corrected chi connectivity index (χ4v) is 1.89. The Kier molecular flexibility index (Phi) is 3.98. The van der Waals surface area contributed by atoms with Crippen LogP contribution in [-0.4, -0.2) is 9.78 Å². The van der Waals surface area contributed by atoms with Gasteiger partial charge in [0.15, 0.2) is 0 Å². The molecule has 92 valence electrons. The van der Waals surface area contributed by atoms with Crippen LogP contribution in [-0.2, 0) is 20.1 Å². The Bertz CT molecular complexity index is 583. The Balaban J connectivity index is 1.92. The first-order valence-corrected chi connectivity index (χ1v) is 5.94. The zero-order valence-electron chi connectivity index (χ0n) is 10.0. The summed E-state index contributed by atoms with van der Waals surface area (Å²) < 4.78 is 1.77. The van der Waals surface area contributed by atoms with E-state index in [4.69, 9.17) is 16.9 Å². The summed E-state index contributed by atoms with van der Waals surface area (Å²) >= 11 is 6.08. The standard InChI is InChI=1S/C13H13ClN4/c1-18-5-4-12(17-18)9-16-8-11-3-2-10(7-15)6-13(11)14/h2-6,16H,8-9H2,1H3. The zero-order chi connectivity index (χ0) is 13.0. The van der Waals surface area contributed by atoms with Crippen LogP contribution in [0.25, 0.3) is 0 Å². The van der Waals surface area contributed by atoms with Gasteiger partial charge in [-0.05, 0) is 23.8 Å². The molecule has 0 aliphatic carbocycles. The molecule has 0 spiro atoms. The van der Waals surface area contributed by atoms with Gasteiger partial charge in [-0.25, -0.2) is 0 Å². The van der Waals surface area contributed by atoms with Gasteiger partial charge in [0, 0.05) is 31.4 Å². The van der Waals surface area contributed by atoms with Crippen LogP contribution in [0.1, 0.15) is 16.8 Å². The lowest BCUT2D eigenvalue weighted by molar-refractivity contribution is 0.656. The van der Waals surface area contributed by atoms with Crippen LogP contribution in [0.2, 0.25) is 5.02 Å². The number of nitriles is 1. The van der Waals surface area contributed by atoms with E-state index in [0.29, 0.717) is 23.7 Å². The molecule has 0 aliphatic rings. The molecular weight excluding hydrogens is 248 g/mol. The number of halogens is 1. The lowest BCUT2D eigenvalue weighted by Gasteiger charge is -2.05. The summed E-state index contributed by atoms with van der Waals surface area (Å²) in [6.07, 6.45) is 1.91. The van der Waals surface area contributed by atoms with Crippen molar-refractivity contribution in [1.29, 1.82) is 5.26 Å². The highest BCUT2D eigenvalue weighted by Crippen LogP contribution is 2.17. The second kappa shape index (κ2) is 5.67. The lowest BCUT2D eigenvalue weighted by atomic mass is 10.1. The Morgan fingerprint density at radius 3 is 2.83 bits per heavy atom. The second-order valence-corrected chi connectivity index (χ2v) is 4.41. The molecule has 0 aliphatic heterocycles. The summed E-state index contributed by atoms with van der Waals surface area (Å²) in [4.78, 5) is 0. The molecule has 0 atom stereocenters. The van der Waals surface area contributed by atoms with Crippen molar-refractivity contribution < 1.29 is 0 Å². The summed E-state index contributed by atoms with van der Waals surface area (Å²) in [7, 11) is 1.89. The van der Waals surface area contributed by atoms with E-state index < -0.39 is 0 Å². The minimum absolute atomic E-state index is 0.577. The molecule has 0 saturated carbocycles. The summed E-state index contributed by atoms with van der Waals surface area (Å²) in [6.45, 7) is 1.35. The van der Waals surface area contributed by atoms with E-state index in [-0.39, 0.29) is 0 Å². The molecule has 4 nitrogen and oxygen atoms in total. The number of rotatable bonds is 4. The van der Waals surface area contributed by atoms with Gasteiger partial charge in [0.25, 0.3) is 0 Å². The third kappa shape index (κ3) is 3.10. The Morgan fingerprint density at radius 1 is 1.39 bits per heavy atom. The average Bonchev–Trinajstić information content (AvgIpc) is 2.77. The van der Waals surface area contributed by atoms with E-state index in [9.17, 15) is 0 Å². The topological polar surface area (TPSA) is 53.6 Å². The summed E-state index contributed by atoms with van der Waals surface area (Å²) in [5.41, 5.74) is 2.54. The van der Waals surface area contributed by atoms with E-state index in [1.807, 2.05) is 25.4 Å². The van der Waals surface area contributed by atoms with Crippen LogP contribution in [0.5, 0.6) is 0 Å². The van der Waals surface area contributed by atoms with Crippen LogP contribution in [0.4, 0.5) is 0 Å². The third-order valence-corrected chi connectivity index (χ3v) is 2.92. The van der Waals surface area contributed by atoms with Gasteiger partial charge in [-0.3, -0.25) is 4.68 Å². The van der Waals surface area contributed by atoms with Crippen molar-refractivity contribution >= 4 is 11.6 Å². The number of hydrogen-bond acceptors (Lipinski definition) is 3. The molecule has 18 heavy (non-hydrogen) atoms. The quantitative estimate of drug-likeness (QED) is 0.917. The zero-order valence-corrected chi connectivity index (χ0v) is 10.8. The van der Waals surface area contributed by atoms with Crippen LogP contribution in [0.3, 0.4) is 0 Å². The summed E-state index contributed by atoms with van der Waals surface area (Å²) in [5, 5.41) is 16.9. The van der Waals surface area contributed by atoms with E-state index in [1.54, 1.807) is 16.8 Å². The van der Waals surface area contributed by atoms with Crippen molar-refractivity contribution in [3.05, 3.63) is 52.3 Å². The van der Waals surface area contributed by atoms with Gasteiger partial charge >= 0.3 is 0 Å². The number of benzene rings is 1. The molecule has 0 saturated heterocycles. The van der Waals surface area contributed by atoms with Crippen LogP contribution in [0.15, 0.2) is 30.5 Å². The molecule has 0 fully saturated rings. The number of aromatic nitrogens is 2. The molecule has 0 radical (unpaired) electrons. The summed E-state index contributed by atoms with van der Waals surface area (Å²) in [5.74, 6) is 0. The van der Waals surface area contributed by atoms with Crippen molar-refractivity contribution in [3.8, 4) is 6.07 Å². The number of nitrogens with one attached hydrogen (secondary N) is 1. The van der Waals surface area contributed by atoms with E-state index in [2.05, 4.69) is 16.5 Å². The molecule has 5 heteroatoms. The largest absolute Gasteiger partial charge is 0.307 e. The van der Waals surface area contributed by atoms with Gasteiger partial charge in [-0.15, -0.1) is 0 Å². The van der Waals surface area contributed by atoms with Crippen molar-refractivity contribution in [1.82, 2.24) is 15.1 Å². The number of nitrogens with zero attached hydrogens (tertiary/aromatic N) is 3. The first-order chi connectivity index (χ1) is 8.69. The van der Waals surface area contributed by atoms with Crippen molar-refractivity contribution in [3.63, 3.8) is 0 Å². The van der Waals surface area contributed by atoms with Crippen molar-refractivity contribution in [2.75, 3.05) is 0 Å². The molecule has 2 rings (SSSR count). The van der Waals surface area contributed by atoms with E-state index in [0.717, 1.165) is 11.3 Å². The Hall–Kier alpha value is -1.83. The Morgan fingerprint density at radius 2 is 2.22 bits per heavy atom. The highest BCUT2D eigenvalue weighted by atomic mass is 35.5. The molecule has 0 amide bonds. The number of hydrogen-bond donors (Lipinski definition) is 1. The van der Waals surface area contributed by atoms with Gasteiger partial charge in [-0.2, -0.15) is 10.4 Å². The van der Waals surface area contributed by atoms with Crippen molar-refractivity contribution in [2.45, 2.75) is 13.1 Å². The lowest BCUT2D eigenvalue weighted by Crippen LogP contribution is -2.13. The molecule has 0 unspecified atom stereocenters. The molecular formula is C13H13ClN4. The van der Waals surface area contributed by atoms with Gasteiger partial charge in [-0.1, -0.05) is 17.7 Å². The SMILES string of the molecule is Cn1ccc(CNCc2ccc(C#N)cc2Cl)n1. The molecule has 1 N–H and O–H groups in total. The first kappa shape index (κ1) is 12.6. The van der Waals surface area contributed by atoms with E-state index >= 15 is 0 Å². The maximum Gasteiger partial charge on any atom is 0.0992 e. The monoisotopic (exact) mass is 260 g/mol. The molecule has 2 aromatic rings. The molecule has 0 bridgehead atoms. The van der Waals surface area contributed by atoms with E-state index in [1.165, 1.54) is 0 Å².